The van der Waals surface area contributed by atoms with Crippen LogP contribution >= 0.6 is 11.6 Å². The number of nitrogens with one attached hydrogen (secondary N) is 2. The Hall–Kier alpha value is -3.37. The Bertz CT molecular complexity index is 1470. The molecular formula is C22H17ClF2N4O3S. The van der Waals surface area contributed by atoms with Crippen molar-refractivity contribution in [2.45, 2.75) is 13.3 Å². The number of sulfonamides is 1. The molecule has 170 valence electrons. The Balaban J connectivity index is 1.78. The van der Waals surface area contributed by atoms with Gasteiger partial charge in [-0.05, 0) is 42.3 Å². The number of aromatic nitrogens is 3. The molecule has 4 aromatic rings. The van der Waals surface area contributed by atoms with Crippen LogP contribution in [-0.4, -0.2) is 35.1 Å². The largest absolute Gasteiger partial charge is 0.287 e. The molecule has 0 spiro atoms. The molecule has 2 aromatic heterocycles. The molecule has 0 radical (unpaired) electrons. The number of pyridine rings is 1. The highest BCUT2D eigenvalue weighted by atomic mass is 35.5. The van der Waals surface area contributed by atoms with Crippen LogP contribution in [0.4, 0.5) is 14.5 Å². The first-order valence-electron chi connectivity index (χ1n) is 9.83. The van der Waals surface area contributed by atoms with E-state index in [1.165, 1.54) is 0 Å². The molecule has 4 rings (SSSR count). The maximum Gasteiger partial charge on any atom is 0.232 e. The van der Waals surface area contributed by atoms with Gasteiger partial charge in [-0.2, -0.15) is 5.10 Å². The lowest BCUT2D eigenvalue weighted by molar-refractivity contribution is 0.102. The lowest BCUT2D eigenvalue weighted by Gasteiger charge is -2.11. The zero-order valence-electron chi connectivity index (χ0n) is 17.2. The number of halogens is 3. The molecule has 0 amide bonds. The fourth-order valence-electron chi connectivity index (χ4n) is 3.32. The molecule has 2 N–H and O–H groups in total. The van der Waals surface area contributed by atoms with E-state index < -0.39 is 38.7 Å². The number of nitrogens with zero attached hydrogens (tertiary/aromatic N) is 2. The minimum atomic E-state index is -3.86. The summed E-state index contributed by atoms with van der Waals surface area (Å²) in [6.45, 7) is 1.64. The Morgan fingerprint density at radius 3 is 2.55 bits per heavy atom. The summed E-state index contributed by atoms with van der Waals surface area (Å²) in [6.07, 6.45) is 1.86. The summed E-state index contributed by atoms with van der Waals surface area (Å²) in [5, 5.41) is 7.28. The number of rotatable bonds is 7. The van der Waals surface area contributed by atoms with Crippen LogP contribution in [0, 0.1) is 11.6 Å². The number of carbonyl (C=O) groups excluding carboxylic acids is 1. The first-order valence-corrected chi connectivity index (χ1v) is 11.9. The van der Waals surface area contributed by atoms with Crippen molar-refractivity contribution in [3.05, 3.63) is 76.6 Å². The van der Waals surface area contributed by atoms with Crippen LogP contribution in [-0.2, 0) is 10.0 Å². The van der Waals surface area contributed by atoms with Gasteiger partial charge in [0, 0.05) is 16.8 Å². The van der Waals surface area contributed by atoms with E-state index in [2.05, 4.69) is 19.9 Å². The highest BCUT2D eigenvalue weighted by Gasteiger charge is 2.27. The minimum Gasteiger partial charge on any atom is -0.287 e. The predicted octanol–water partition coefficient (Wildman–Crippen LogP) is 4.94. The number of hydrogen-bond donors (Lipinski definition) is 2. The van der Waals surface area contributed by atoms with Crippen molar-refractivity contribution in [2.75, 3.05) is 10.5 Å². The van der Waals surface area contributed by atoms with E-state index in [4.69, 9.17) is 11.6 Å². The van der Waals surface area contributed by atoms with Crippen molar-refractivity contribution in [2.24, 2.45) is 0 Å². The van der Waals surface area contributed by atoms with Crippen LogP contribution in [0.3, 0.4) is 0 Å². The smallest absolute Gasteiger partial charge is 0.232 e. The van der Waals surface area contributed by atoms with Gasteiger partial charge in [0.25, 0.3) is 0 Å². The maximum absolute atomic E-state index is 15.1. The molecule has 11 heteroatoms. The molecule has 0 bridgehead atoms. The number of anilines is 1. The molecule has 0 aliphatic carbocycles. The Morgan fingerprint density at radius 2 is 1.85 bits per heavy atom. The van der Waals surface area contributed by atoms with Crippen LogP contribution in [0.2, 0.25) is 5.02 Å². The predicted molar refractivity (Wildman–Crippen MR) is 122 cm³/mol. The van der Waals surface area contributed by atoms with E-state index in [-0.39, 0.29) is 22.5 Å². The third-order valence-corrected chi connectivity index (χ3v) is 6.59. The van der Waals surface area contributed by atoms with Gasteiger partial charge in [-0.3, -0.25) is 14.6 Å². The van der Waals surface area contributed by atoms with Crippen molar-refractivity contribution in [3.8, 4) is 11.1 Å². The summed E-state index contributed by atoms with van der Waals surface area (Å²) >= 11 is 5.92. The van der Waals surface area contributed by atoms with Crippen molar-refractivity contribution in [3.63, 3.8) is 0 Å². The van der Waals surface area contributed by atoms with Crippen LogP contribution in [0.1, 0.15) is 29.4 Å². The monoisotopic (exact) mass is 490 g/mol. The molecule has 2 heterocycles. The third kappa shape index (κ3) is 4.57. The Morgan fingerprint density at radius 1 is 1.12 bits per heavy atom. The number of benzene rings is 2. The van der Waals surface area contributed by atoms with Crippen molar-refractivity contribution < 1.29 is 22.0 Å². The van der Waals surface area contributed by atoms with Gasteiger partial charge in [0.15, 0.2) is 11.5 Å². The summed E-state index contributed by atoms with van der Waals surface area (Å²) in [5.74, 6) is -3.77. The molecule has 0 atom stereocenters. The van der Waals surface area contributed by atoms with Crippen LogP contribution < -0.4 is 4.72 Å². The normalized spacial score (nSPS) is 11.6. The van der Waals surface area contributed by atoms with E-state index in [0.717, 1.165) is 17.7 Å². The van der Waals surface area contributed by atoms with Crippen molar-refractivity contribution in [1.29, 1.82) is 0 Å². The summed E-state index contributed by atoms with van der Waals surface area (Å²) in [4.78, 5) is 17.3. The summed E-state index contributed by atoms with van der Waals surface area (Å²) in [7, 11) is -3.86. The Kier molecular flexibility index (Phi) is 6.13. The maximum atomic E-state index is 15.1. The van der Waals surface area contributed by atoms with Gasteiger partial charge in [-0.25, -0.2) is 22.2 Å². The molecular weight excluding hydrogens is 474 g/mol. The number of ketones is 1. The number of H-pyrrole nitrogens is 1. The highest BCUT2D eigenvalue weighted by Crippen LogP contribution is 2.29. The first-order chi connectivity index (χ1) is 15.7. The molecule has 7 nitrogen and oxygen atoms in total. The van der Waals surface area contributed by atoms with Crippen molar-refractivity contribution >= 4 is 44.1 Å². The van der Waals surface area contributed by atoms with E-state index >= 15 is 4.39 Å². The van der Waals surface area contributed by atoms with Gasteiger partial charge in [0.05, 0.1) is 22.4 Å². The molecule has 2 aromatic carbocycles. The average molecular weight is 491 g/mol. The second-order valence-corrected chi connectivity index (χ2v) is 9.51. The standard InChI is InChI=1S/C22H17ClF2N4O3S/c1-2-9-33(31,32)29-17-8-7-16(24)18(19(17)25)21(30)20-15-10-13(11-26-22(15)28-27-20)12-3-5-14(23)6-4-12/h3-8,10-11,29H,2,9H2,1H3,(H,26,27,28). The first kappa shape index (κ1) is 22.8. The fourth-order valence-corrected chi connectivity index (χ4v) is 4.58. The quantitative estimate of drug-likeness (QED) is 0.357. The summed E-state index contributed by atoms with van der Waals surface area (Å²) < 4.78 is 55.7. The molecule has 0 saturated carbocycles. The summed E-state index contributed by atoms with van der Waals surface area (Å²) in [6, 6.07) is 10.3. The number of fused-ring (bicyclic) bond motifs is 1. The fraction of sp³-hybridized carbons (Fsp3) is 0.136. The number of hydrogen-bond acceptors (Lipinski definition) is 5. The number of aromatic amines is 1. The van der Waals surface area contributed by atoms with Crippen LogP contribution in [0.15, 0.2) is 48.7 Å². The van der Waals surface area contributed by atoms with Gasteiger partial charge in [-0.1, -0.05) is 30.7 Å². The number of carbonyl (C=O) groups is 1. The second kappa shape index (κ2) is 8.87. The molecule has 0 saturated heterocycles. The highest BCUT2D eigenvalue weighted by molar-refractivity contribution is 7.92. The SMILES string of the molecule is CCCS(=O)(=O)Nc1ccc(F)c(C(=O)c2n[nH]c3ncc(-c4ccc(Cl)cc4)cc23)c1F. The lowest BCUT2D eigenvalue weighted by atomic mass is 10.0. The van der Waals surface area contributed by atoms with E-state index in [0.29, 0.717) is 17.0 Å². The zero-order valence-corrected chi connectivity index (χ0v) is 18.8. The lowest BCUT2D eigenvalue weighted by Crippen LogP contribution is -2.18. The van der Waals surface area contributed by atoms with Crippen LogP contribution in [0.25, 0.3) is 22.2 Å². The van der Waals surface area contributed by atoms with Gasteiger partial charge in [0.2, 0.25) is 15.8 Å². The van der Waals surface area contributed by atoms with Gasteiger partial charge >= 0.3 is 0 Å². The van der Waals surface area contributed by atoms with Crippen molar-refractivity contribution in [1.82, 2.24) is 15.2 Å². The molecule has 0 unspecified atom stereocenters. The molecule has 0 aliphatic heterocycles. The van der Waals surface area contributed by atoms with E-state index in [9.17, 15) is 17.6 Å². The topological polar surface area (TPSA) is 105 Å². The van der Waals surface area contributed by atoms with Gasteiger partial charge in [0.1, 0.15) is 11.5 Å². The molecule has 0 aliphatic rings. The molecule has 0 fully saturated rings. The molecule has 33 heavy (non-hydrogen) atoms. The van der Waals surface area contributed by atoms with Crippen LogP contribution in [0.5, 0.6) is 0 Å². The summed E-state index contributed by atoms with van der Waals surface area (Å²) in [5.41, 5.74) is -0.0453. The van der Waals surface area contributed by atoms with E-state index in [1.54, 1.807) is 43.5 Å². The average Bonchev–Trinajstić information content (AvgIpc) is 3.19. The van der Waals surface area contributed by atoms with E-state index in [1.807, 2.05) is 0 Å². The zero-order chi connectivity index (χ0) is 23.8. The van der Waals surface area contributed by atoms with Gasteiger partial charge in [-0.15, -0.1) is 0 Å². The second-order valence-electron chi connectivity index (χ2n) is 7.23. The van der Waals surface area contributed by atoms with Gasteiger partial charge < -0.3 is 0 Å². The Labute approximate surface area is 192 Å². The third-order valence-electron chi connectivity index (χ3n) is 4.87. The minimum absolute atomic E-state index is 0.247.